The summed E-state index contributed by atoms with van der Waals surface area (Å²) in [6.07, 6.45) is 4.81. The number of unbranched alkanes of at least 4 members (excludes halogenated alkanes) is 2. The molecule has 3 heteroatoms. The van der Waals surface area contributed by atoms with E-state index in [4.69, 9.17) is 4.74 Å². The molecule has 2 N–H and O–H groups in total. The zero-order valence-electron chi connectivity index (χ0n) is 11.3. The first kappa shape index (κ1) is 15.9. The molecule has 16 heavy (non-hydrogen) atoms. The summed E-state index contributed by atoms with van der Waals surface area (Å²) >= 11 is 0. The number of aliphatic hydroxyl groups is 1. The van der Waals surface area contributed by atoms with E-state index >= 15 is 0 Å². The second-order valence-corrected chi connectivity index (χ2v) is 4.84. The molecule has 0 aliphatic carbocycles. The summed E-state index contributed by atoms with van der Waals surface area (Å²) in [5, 5.41) is 13.0. The Morgan fingerprint density at radius 1 is 1.19 bits per heavy atom. The van der Waals surface area contributed by atoms with Gasteiger partial charge in [0.2, 0.25) is 0 Å². The smallest absolute Gasteiger partial charge is 0.0897 e. The third kappa shape index (κ3) is 10.4. The Bertz CT molecular complexity index is 151. The molecule has 0 spiro atoms. The molecule has 0 aromatic heterocycles. The van der Waals surface area contributed by atoms with E-state index in [1.165, 1.54) is 25.7 Å². The van der Waals surface area contributed by atoms with Crippen molar-refractivity contribution >= 4 is 0 Å². The molecule has 2 atom stereocenters. The Hall–Kier alpha value is -0.120. The lowest BCUT2D eigenvalue weighted by Crippen LogP contribution is -2.36. The van der Waals surface area contributed by atoms with Crippen molar-refractivity contribution in [3.63, 3.8) is 0 Å². The van der Waals surface area contributed by atoms with Crippen LogP contribution < -0.4 is 5.32 Å². The molecule has 0 aromatic rings. The first-order valence-corrected chi connectivity index (χ1v) is 6.59. The lowest BCUT2D eigenvalue weighted by molar-refractivity contribution is 0.00553. The zero-order chi connectivity index (χ0) is 12.4. The van der Waals surface area contributed by atoms with E-state index < -0.39 is 6.10 Å². The van der Waals surface area contributed by atoms with Crippen molar-refractivity contribution in [2.24, 2.45) is 0 Å². The molecular formula is C13H29NO2. The van der Waals surface area contributed by atoms with Crippen LogP contribution >= 0.6 is 0 Å². The number of ether oxygens (including phenoxy) is 1. The van der Waals surface area contributed by atoms with E-state index in [0.717, 1.165) is 0 Å². The van der Waals surface area contributed by atoms with Crippen LogP contribution in [0.4, 0.5) is 0 Å². The fourth-order valence-corrected chi connectivity index (χ4v) is 1.50. The van der Waals surface area contributed by atoms with Gasteiger partial charge in [0.15, 0.2) is 0 Å². The summed E-state index contributed by atoms with van der Waals surface area (Å²) in [4.78, 5) is 0. The van der Waals surface area contributed by atoms with Crippen LogP contribution in [0.15, 0.2) is 0 Å². The van der Waals surface area contributed by atoms with Crippen LogP contribution in [-0.4, -0.2) is 36.5 Å². The summed E-state index contributed by atoms with van der Waals surface area (Å²) in [5.74, 6) is 0. The summed E-state index contributed by atoms with van der Waals surface area (Å²) in [5.41, 5.74) is 0. The molecule has 0 heterocycles. The van der Waals surface area contributed by atoms with Gasteiger partial charge in [0.05, 0.1) is 18.8 Å². The van der Waals surface area contributed by atoms with Gasteiger partial charge in [0.25, 0.3) is 0 Å². The average Bonchev–Trinajstić information content (AvgIpc) is 2.24. The van der Waals surface area contributed by atoms with Crippen LogP contribution in [-0.2, 0) is 4.74 Å². The third-order valence-corrected chi connectivity index (χ3v) is 2.56. The van der Waals surface area contributed by atoms with E-state index in [0.29, 0.717) is 19.2 Å². The highest BCUT2D eigenvalue weighted by Gasteiger charge is 2.07. The fraction of sp³-hybridized carbons (Fsp3) is 1.00. The molecule has 0 saturated carbocycles. The van der Waals surface area contributed by atoms with Gasteiger partial charge >= 0.3 is 0 Å². The molecule has 0 rings (SSSR count). The molecule has 0 saturated heterocycles. The van der Waals surface area contributed by atoms with Gasteiger partial charge in [-0.25, -0.2) is 0 Å². The first-order chi connectivity index (χ1) is 7.56. The van der Waals surface area contributed by atoms with Crippen molar-refractivity contribution in [1.29, 1.82) is 0 Å². The van der Waals surface area contributed by atoms with Crippen LogP contribution in [0, 0.1) is 0 Å². The van der Waals surface area contributed by atoms with Gasteiger partial charge in [0, 0.05) is 12.6 Å². The number of aliphatic hydroxyl groups excluding tert-OH is 1. The number of nitrogens with one attached hydrogen (secondary N) is 1. The maximum atomic E-state index is 9.63. The second-order valence-electron chi connectivity index (χ2n) is 4.84. The van der Waals surface area contributed by atoms with E-state index in [2.05, 4.69) is 19.2 Å². The minimum atomic E-state index is -0.393. The Morgan fingerprint density at radius 3 is 2.44 bits per heavy atom. The molecule has 0 bridgehead atoms. The number of rotatable bonds is 10. The predicted molar refractivity (Wildman–Crippen MR) is 68.7 cm³/mol. The van der Waals surface area contributed by atoms with Crippen molar-refractivity contribution in [2.45, 2.75) is 71.6 Å². The summed E-state index contributed by atoms with van der Waals surface area (Å²) in [7, 11) is 0. The lowest BCUT2D eigenvalue weighted by atomic mass is 10.1. The van der Waals surface area contributed by atoms with Gasteiger partial charge in [-0.3, -0.25) is 0 Å². The van der Waals surface area contributed by atoms with E-state index in [-0.39, 0.29) is 6.10 Å². The largest absolute Gasteiger partial charge is 0.389 e. The van der Waals surface area contributed by atoms with Gasteiger partial charge in [0.1, 0.15) is 0 Å². The van der Waals surface area contributed by atoms with Crippen LogP contribution in [0.2, 0.25) is 0 Å². The van der Waals surface area contributed by atoms with Crippen molar-refractivity contribution in [3.05, 3.63) is 0 Å². The summed E-state index contributed by atoms with van der Waals surface area (Å²) in [6, 6.07) is 0.486. The van der Waals surface area contributed by atoms with Gasteiger partial charge in [-0.05, 0) is 27.2 Å². The van der Waals surface area contributed by atoms with Crippen molar-refractivity contribution < 1.29 is 9.84 Å². The standard InChI is InChI=1S/C13H29NO2/c1-5-6-7-8-12(4)14-9-13(15)10-16-11(2)3/h11-15H,5-10H2,1-4H3. The molecule has 0 amide bonds. The molecule has 0 aliphatic heterocycles. The van der Waals surface area contributed by atoms with Gasteiger partial charge < -0.3 is 15.2 Å². The Labute approximate surface area is 101 Å². The normalized spacial score (nSPS) is 15.4. The van der Waals surface area contributed by atoms with Crippen LogP contribution in [0.3, 0.4) is 0 Å². The first-order valence-electron chi connectivity index (χ1n) is 6.59. The van der Waals surface area contributed by atoms with Gasteiger partial charge in [-0.1, -0.05) is 26.2 Å². The molecule has 0 aliphatic rings. The monoisotopic (exact) mass is 231 g/mol. The summed E-state index contributed by atoms with van der Waals surface area (Å²) in [6.45, 7) is 9.39. The molecule has 0 fully saturated rings. The molecule has 0 aromatic carbocycles. The van der Waals surface area contributed by atoms with Gasteiger partial charge in [-0.15, -0.1) is 0 Å². The molecule has 3 nitrogen and oxygen atoms in total. The summed E-state index contributed by atoms with van der Waals surface area (Å²) < 4.78 is 5.34. The van der Waals surface area contributed by atoms with E-state index in [9.17, 15) is 5.11 Å². The van der Waals surface area contributed by atoms with Crippen molar-refractivity contribution in [3.8, 4) is 0 Å². The highest BCUT2D eigenvalue weighted by Crippen LogP contribution is 2.02. The van der Waals surface area contributed by atoms with Gasteiger partial charge in [-0.2, -0.15) is 0 Å². The average molecular weight is 231 g/mol. The van der Waals surface area contributed by atoms with Crippen LogP contribution in [0.5, 0.6) is 0 Å². The highest BCUT2D eigenvalue weighted by molar-refractivity contribution is 4.65. The molecule has 2 unspecified atom stereocenters. The van der Waals surface area contributed by atoms with Crippen molar-refractivity contribution in [2.75, 3.05) is 13.2 Å². The molecular weight excluding hydrogens is 202 g/mol. The quantitative estimate of drug-likeness (QED) is 0.567. The molecule has 0 radical (unpaired) electrons. The van der Waals surface area contributed by atoms with E-state index in [1.54, 1.807) is 0 Å². The fourth-order valence-electron chi connectivity index (χ4n) is 1.50. The maximum Gasteiger partial charge on any atom is 0.0897 e. The highest BCUT2D eigenvalue weighted by atomic mass is 16.5. The topological polar surface area (TPSA) is 41.5 Å². The SMILES string of the molecule is CCCCCC(C)NCC(O)COC(C)C. The van der Waals surface area contributed by atoms with E-state index in [1.807, 2.05) is 13.8 Å². The Balaban J connectivity index is 3.39. The minimum Gasteiger partial charge on any atom is -0.389 e. The molecule has 98 valence electrons. The maximum absolute atomic E-state index is 9.63. The minimum absolute atomic E-state index is 0.191. The Kier molecular flexibility index (Phi) is 9.99. The number of hydrogen-bond acceptors (Lipinski definition) is 3. The zero-order valence-corrected chi connectivity index (χ0v) is 11.3. The van der Waals surface area contributed by atoms with Crippen LogP contribution in [0.1, 0.15) is 53.4 Å². The number of hydrogen-bond donors (Lipinski definition) is 2. The predicted octanol–water partition coefficient (Wildman–Crippen LogP) is 2.33. The lowest BCUT2D eigenvalue weighted by Gasteiger charge is -2.18. The van der Waals surface area contributed by atoms with Crippen LogP contribution in [0.25, 0.3) is 0 Å². The third-order valence-electron chi connectivity index (χ3n) is 2.56. The van der Waals surface area contributed by atoms with Crippen molar-refractivity contribution in [1.82, 2.24) is 5.32 Å². The second kappa shape index (κ2) is 10.1. The Morgan fingerprint density at radius 2 is 1.88 bits per heavy atom.